The summed E-state index contributed by atoms with van der Waals surface area (Å²) in [4.78, 5) is 10.2. The van der Waals surface area contributed by atoms with Gasteiger partial charge >= 0.3 is 0 Å². The predicted molar refractivity (Wildman–Crippen MR) is 95.6 cm³/mol. The first-order valence-electron chi connectivity index (χ1n) is 7.83. The van der Waals surface area contributed by atoms with Crippen molar-refractivity contribution in [3.63, 3.8) is 0 Å². The summed E-state index contributed by atoms with van der Waals surface area (Å²) >= 11 is 5.29. The molecule has 124 valence electrons. The van der Waals surface area contributed by atoms with Crippen LogP contribution in [-0.4, -0.2) is 21.8 Å². The molecule has 2 rings (SSSR count). The van der Waals surface area contributed by atoms with Crippen molar-refractivity contribution in [3.05, 3.63) is 39.9 Å². The van der Waals surface area contributed by atoms with Crippen LogP contribution in [-0.2, 0) is 0 Å². The molecule has 0 saturated heterocycles. The van der Waals surface area contributed by atoms with Crippen LogP contribution in [0.15, 0.2) is 29.4 Å². The van der Waals surface area contributed by atoms with E-state index in [1.165, 1.54) is 31.4 Å². The first-order valence-corrected chi connectivity index (χ1v) is 8.24. The molecule has 0 heterocycles. The van der Waals surface area contributed by atoms with Crippen LogP contribution in [0.3, 0.4) is 0 Å². The molecule has 23 heavy (non-hydrogen) atoms. The summed E-state index contributed by atoms with van der Waals surface area (Å²) in [5, 5.41) is 18.7. The van der Waals surface area contributed by atoms with Gasteiger partial charge in [-0.1, -0.05) is 19.8 Å². The van der Waals surface area contributed by atoms with Crippen LogP contribution in [0.4, 0.5) is 5.69 Å². The molecule has 2 atom stereocenters. The number of hydrazone groups is 1. The van der Waals surface area contributed by atoms with E-state index in [0.29, 0.717) is 17.1 Å². The fourth-order valence-electron chi connectivity index (χ4n) is 2.75. The number of nitro benzene ring substituents is 1. The third-order valence-corrected chi connectivity index (χ3v) is 4.46. The highest BCUT2D eigenvalue weighted by atomic mass is 32.1. The normalized spacial score (nSPS) is 21.6. The van der Waals surface area contributed by atoms with Gasteiger partial charge in [-0.3, -0.25) is 15.5 Å². The molecule has 0 amide bonds. The van der Waals surface area contributed by atoms with Gasteiger partial charge in [0.25, 0.3) is 5.69 Å². The number of benzene rings is 1. The summed E-state index contributed by atoms with van der Waals surface area (Å²) in [6.07, 6.45) is 4.88. The molecule has 1 aromatic carbocycles. The zero-order chi connectivity index (χ0) is 16.8. The van der Waals surface area contributed by atoms with E-state index in [4.69, 9.17) is 12.2 Å². The molecule has 2 N–H and O–H groups in total. The molecule has 1 fully saturated rings. The van der Waals surface area contributed by atoms with Gasteiger partial charge in [0.1, 0.15) is 0 Å². The van der Waals surface area contributed by atoms with Crippen LogP contribution in [0.25, 0.3) is 0 Å². The van der Waals surface area contributed by atoms with Crippen LogP contribution in [0, 0.1) is 16.0 Å². The quantitative estimate of drug-likeness (QED) is 0.382. The minimum absolute atomic E-state index is 0.0676. The van der Waals surface area contributed by atoms with Crippen LogP contribution in [0.1, 0.15) is 45.1 Å². The number of non-ortho nitro benzene ring substituents is 1. The SMILES string of the molecule is C/C(=N/NC(=S)N[C@H]1CCCC[C@@H]1C)c1ccc([N+](=O)[O-])cc1. The molecule has 0 bridgehead atoms. The molecule has 1 saturated carbocycles. The number of thiocarbonyl (C=S) groups is 1. The first kappa shape index (κ1) is 17.3. The number of nitro groups is 1. The highest BCUT2D eigenvalue weighted by molar-refractivity contribution is 7.80. The van der Waals surface area contributed by atoms with Gasteiger partial charge in [0.05, 0.1) is 10.6 Å². The summed E-state index contributed by atoms with van der Waals surface area (Å²) < 4.78 is 0. The van der Waals surface area contributed by atoms with Crippen LogP contribution >= 0.6 is 12.2 Å². The lowest BCUT2D eigenvalue weighted by Crippen LogP contribution is -2.44. The standard InChI is InChI=1S/C16H22N4O2S/c1-11-5-3-4-6-15(11)17-16(23)19-18-12(2)13-7-9-14(10-8-13)20(21)22/h7-11,15H,3-6H2,1-2H3,(H2,17,19,23)/b18-12-/t11-,15-/m0/s1. The molecule has 1 aliphatic carbocycles. The molecule has 0 aromatic heterocycles. The summed E-state index contributed by atoms with van der Waals surface area (Å²) in [5.41, 5.74) is 4.47. The Hall–Kier alpha value is -2.02. The fourth-order valence-corrected chi connectivity index (χ4v) is 2.95. The van der Waals surface area contributed by atoms with E-state index in [2.05, 4.69) is 22.8 Å². The van der Waals surface area contributed by atoms with Crippen molar-refractivity contribution >= 4 is 28.7 Å². The van der Waals surface area contributed by atoms with Gasteiger partial charge in [-0.05, 0) is 55.6 Å². The van der Waals surface area contributed by atoms with Crippen LogP contribution < -0.4 is 10.7 Å². The Balaban J connectivity index is 1.90. The lowest BCUT2D eigenvalue weighted by Gasteiger charge is -2.30. The van der Waals surface area contributed by atoms with E-state index in [9.17, 15) is 10.1 Å². The average Bonchev–Trinajstić information content (AvgIpc) is 2.55. The Morgan fingerprint density at radius 1 is 1.30 bits per heavy atom. The summed E-state index contributed by atoms with van der Waals surface area (Å²) in [7, 11) is 0. The lowest BCUT2D eigenvalue weighted by molar-refractivity contribution is -0.384. The summed E-state index contributed by atoms with van der Waals surface area (Å²) in [5.74, 6) is 0.614. The van der Waals surface area contributed by atoms with Gasteiger partial charge in [0.2, 0.25) is 0 Å². The van der Waals surface area contributed by atoms with Crippen molar-refractivity contribution in [2.75, 3.05) is 0 Å². The third kappa shape index (κ3) is 4.99. The minimum Gasteiger partial charge on any atom is -0.358 e. The second-order valence-corrected chi connectivity index (χ2v) is 6.36. The molecule has 0 aliphatic heterocycles. The van der Waals surface area contributed by atoms with Crippen LogP contribution in [0.2, 0.25) is 0 Å². The molecule has 6 nitrogen and oxygen atoms in total. The molecule has 0 radical (unpaired) electrons. The van der Waals surface area contributed by atoms with Crippen molar-refractivity contribution in [3.8, 4) is 0 Å². The van der Waals surface area contributed by atoms with E-state index >= 15 is 0 Å². The van der Waals surface area contributed by atoms with Gasteiger partial charge in [-0.15, -0.1) is 0 Å². The molecule has 1 aliphatic rings. The fraction of sp³-hybridized carbons (Fsp3) is 0.500. The Morgan fingerprint density at radius 3 is 2.57 bits per heavy atom. The van der Waals surface area contributed by atoms with Crippen molar-refractivity contribution in [1.82, 2.24) is 10.7 Å². The third-order valence-electron chi connectivity index (χ3n) is 4.25. The van der Waals surface area contributed by atoms with Gasteiger partial charge in [0.15, 0.2) is 5.11 Å². The zero-order valence-corrected chi connectivity index (χ0v) is 14.2. The lowest BCUT2D eigenvalue weighted by atomic mass is 9.86. The van der Waals surface area contributed by atoms with E-state index in [1.54, 1.807) is 12.1 Å². The van der Waals surface area contributed by atoms with Gasteiger partial charge in [-0.25, -0.2) is 0 Å². The summed E-state index contributed by atoms with van der Waals surface area (Å²) in [6, 6.07) is 6.69. The molecule has 1 aromatic rings. The predicted octanol–water partition coefficient (Wildman–Crippen LogP) is 3.36. The molecular formula is C16H22N4O2S. The van der Waals surface area contributed by atoms with Crippen molar-refractivity contribution in [1.29, 1.82) is 0 Å². The Kier molecular flexibility index (Phi) is 6.04. The molecular weight excluding hydrogens is 312 g/mol. The molecule has 0 unspecified atom stereocenters. The maximum absolute atomic E-state index is 10.7. The van der Waals surface area contributed by atoms with Gasteiger partial charge in [0, 0.05) is 18.2 Å². The monoisotopic (exact) mass is 334 g/mol. The largest absolute Gasteiger partial charge is 0.358 e. The Bertz CT molecular complexity index is 601. The Labute approximate surface area is 141 Å². The van der Waals surface area contributed by atoms with Crippen molar-refractivity contribution < 1.29 is 4.92 Å². The topological polar surface area (TPSA) is 79.6 Å². The molecule has 7 heteroatoms. The zero-order valence-electron chi connectivity index (χ0n) is 13.4. The Morgan fingerprint density at radius 2 is 1.96 bits per heavy atom. The minimum atomic E-state index is -0.418. The van der Waals surface area contributed by atoms with E-state index in [0.717, 1.165) is 17.7 Å². The number of hydrogen-bond donors (Lipinski definition) is 2. The number of nitrogens with one attached hydrogen (secondary N) is 2. The highest BCUT2D eigenvalue weighted by Gasteiger charge is 2.21. The number of nitrogens with zero attached hydrogens (tertiary/aromatic N) is 2. The second-order valence-electron chi connectivity index (χ2n) is 5.95. The van der Waals surface area contributed by atoms with E-state index in [-0.39, 0.29) is 5.69 Å². The van der Waals surface area contributed by atoms with Crippen molar-refractivity contribution in [2.45, 2.75) is 45.6 Å². The van der Waals surface area contributed by atoms with Crippen LogP contribution in [0.5, 0.6) is 0 Å². The van der Waals surface area contributed by atoms with Gasteiger partial charge < -0.3 is 5.32 Å². The van der Waals surface area contributed by atoms with Gasteiger partial charge in [-0.2, -0.15) is 5.10 Å². The average molecular weight is 334 g/mol. The smallest absolute Gasteiger partial charge is 0.269 e. The maximum atomic E-state index is 10.7. The second kappa shape index (κ2) is 8.01. The van der Waals surface area contributed by atoms with Crippen molar-refractivity contribution in [2.24, 2.45) is 11.0 Å². The number of rotatable bonds is 4. The highest BCUT2D eigenvalue weighted by Crippen LogP contribution is 2.23. The first-order chi connectivity index (χ1) is 11.0. The molecule has 0 spiro atoms. The summed E-state index contributed by atoms with van der Waals surface area (Å²) in [6.45, 7) is 4.07. The van der Waals surface area contributed by atoms with E-state index in [1.807, 2.05) is 6.92 Å². The maximum Gasteiger partial charge on any atom is 0.269 e. The number of hydrogen-bond acceptors (Lipinski definition) is 4. The van der Waals surface area contributed by atoms with E-state index < -0.39 is 4.92 Å².